The molecule has 1 aliphatic rings. The molecule has 4 rings (SSSR count). The topological polar surface area (TPSA) is 54.5 Å². The summed E-state index contributed by atoms with van der Waals surface area (Å²) in [6.07, 6.45) is 1.46. The Balaban J connectivity index is 1.28. The number of carbonyl (C=O) groups is 1. The van der Waals surface area contributed by atoms with Crippen molar-refractivity contribution in [1.29, 1.82) is 0 Å². The fourth-order valence-electron chi connectivity index (χ4n) is 3.15. The number of aromatic nitrogens is 1. The van der Waals surface area contributed by atoms with Gasteiger partial charge in [0.15, 0.2) is 0 Å². The number of hydrogen-bond donors (Lipinski definition) is 1. The van der Waals surface area contributed by atoms with Crippen LogP contribution in [0.25, 0.3) is 10.2 Å². The van der Waals surface area contributed by atoms with E-state index in [9.17, 15) is 9.18 Å². The van der Waals surface area contributed by atoms with Crippen molar-refractivity contribution in [2.24, 2.45) is 0 Å². The second-order valence-corrected chi connectivity index (χ2v) is 7.51. The summed E-state index contributed by atoms with van der Waals surface area (Å²) < 4.78 is 20.5. The smallest absolute Gasteiger partial charge is 0.317 e. The molecule has 7 heteroatoms. The number of urea groups is 1. The Morgan fingerprint density at radius 1 is 1.19 bits per heavy atom. The third-order valence-electron chi connectivity index (χ3n) is 4.63. The van der Waals surface area contributed by atoms with Crippen LogP contribution in [0.3, 0.4) is 0 Å². The number of piperidine rings is 1. The molecule has 3 aromatic rings. The molecule has 5 nitrogen and oxygen atoms in total. The van der Waals surface area contributed by atoms with Crippen molar-refractivity contribution < 1.29 is 13.9 Å². The normalized spacial score (nSPS) is 15.1. The average Bonchev–Trinajstić information content (AvgIpc) is 3.11. The van der Waals surface area contributed by atoms with Gasteiger partial charge in [-0.15, -0.1) is 0 Å². The van der Waals surface area contributed by atoms with E-state index in [1.165, 1.54) is 17.4 Å². The maximum absolute atomic E-state index is 13.8. The van der Waals surface area contributed by atoms with Gasteiger partial charge in [0.05, 0.1) is 4.70 Å². The molecule has 1 aromatic heterocycles. The van der Waals surface area contributed by atoms with Crippen LogP contribution in [0.1, 0.15) is 18.4 Å². The lowest BCUT2D eigenvalue weighted by Crippen LogP contribution is -2.46. The predicted molar refractivity (Wildman–Crippen MR) is 103 cm³/mol. The van der Waals surface area contributed by atoms with Crippen LogP contribution in [0.4, 0.5) is 9.18 Å². The average molecular weight is 385 g/mol. The van der Waals surface area contributed by atoms with E-state index in [1.54, 1.807) is 11.0 Å². The summed E-state index contributed by atoms with van der Waals surface area (Å²) in [6.45, 7) is 1.78. The Morgan fingerprint density at radius 2 is 1.96 bits per heavy atom. The van der Waals surface area contributed by atoms with Gasteiger partial charge in [0, 0.05) is 32.5 Å². The molecule has 0 aliphatic carbocycles. The molecule has 1 saturated heterocycles. The number of para-hydroxylation sites is 1. The Labute approximate surface area is 160 Å². The minimum atomic E-state index is -0.330. The molecule has 1 N–H and O–H groups in total. The number of ether oxygens (including phenoxy) is 1. The van der Waals surface area contributed by atoms with Crippen LogP contribution in [-0.4, -0.2) is 35.1 Å². The molecule has 1 aliphatic heterocycles. The van der Waals surface area contributed by atoms with Crippen LogP contribution in [0.15, 0.2) is 48.5 Å². The number of hydrogen-bond acceptors (Lipinski definition) is 4. The summed E-state index contributed by atoms with van der Waals surface area (Å²) in [5, 5.41) is 3.44. The highest BCUT2D eigenvalue weighted by Crippen LogP contribution is 2.31. The van der Waals surface area contributed by atoms with Crippen molar-refractivity contribution >= 4 is 27.6 Å². The Morgan fingerprint density at radius 3 is 2.70 bits per heavy atom. The zero-order valence-electron chi connectivity index (χ0n) is 14.7. The van der Waals surface area contributed by atoms with Crippen molar-refractivity contribution in [2.75, 3.05) is 13.1 Å². The predicted octanol–water partition coefficient (Wildman–Crippen LogP) is 4.19. The van der Waals surface area contributed by atoms with Gasteiger partial charge >= 0.3 is 6.03 Å². The van der Waals surface area contributed by atoms with Gasteiger partial charge in [-0.3, -0.25) is 0 Å². The highest BCUT2D eigenvalue weighted by Gasteiger charge is 2.24. The van der Waals surface area contributed by atoms with Gasteiger partial charge < -0.3 is 15.0 Å². The first-order valence-corrected chi connectivity index (χ1v) is 9.79. The number of nitrogens with one attached hydrogen (secondary N) is 1. The molecule has 0 spiro atoms. The van der Waals surface area contributed by atoms with E-state index in [4.69, 9.17) is 4.74 Å². The number of carbonyl (C=O) groups excluding carboxylic acids is 1. The second-order valence-electron chi connectivity index (χ2n) is 6.51. The Bertz CT molecular complexity index is 923. The molecule has 2 heterocycles. The lowest BCUT2D eigenvalue weighted by Gasteiger charge is -2.31. The number of rotatable bonds is 4. The number of thiazole rings is 1. The van der Waals surface area contributed by atoms with E-state index < -0.39 is 0 Å². The van der Waals surface area contributed by atoms with E-state index in [1.807, 2.05) is 36.4 Å². The van der Waals surface area contributed by atoms with Crippen LogP contribution in [0.5, 0.6) is 5.19 Å². The number of halogens is 1. The number of benzene rings is 2. The molecule has 0 radical (unpaired) electrons. The van der Waals surface area contributed by atoms with E-state index in [-0.39, 0.29) is 18.0 Å². The van der Waals surface area contributed by atoms with Gasteiger partial charge in [-0.05, 0) is 17.7 Å². The molecular formula is C20H20FN3O2S. The monoisotopic (exact) mass is 385 g/mol. The number of fused-ring (bicyclic) bond motifs is 1. The molecule has 2 amide bonds. The summed E-state index contributed by atoms with van der Waals surface area (Å²) in [4.78, 5) is 18.4. The van der Waals surface area contributed by atoms with Crippen LogP contribution < -0.4 is 10.1 Å². The minimum Gasteiger partial charge on any atom is -0.467 e. The van der Waals surface area contributed by atoms with E-state index in [0.717, 1.165) is 23.1 Å². The zero-order chi connectivity index (χ0) is 18.6. The van der Waals surface area contributed by atoms with Crippen molar-refractivity contribution in [3.63, 3.8) is 0 Å². The highest BCUT2D eigenvalue weighted by molar-refractivity contribution is 7.20. The van der Waals surface area contributed by atoms with E-state index >= 15 is 0 Å². The van der Waals surface area contributed by atoms with Gasteiger partial charge in [-0.2, -0.15) is 4.98 Å². The maximum atomic E-state index is 13.8. The Kier molecular flexibility index (Phi) is 5.20. The number of amides is 2. The molecule has 0 bridgehead atoms. The lowest BCUT2D eigenvalue weighted by atomic mass is 10.1. The summed E-state index contributed by atoms with van der Waals surface area (Å²) in [6, 6.07) is 14.7. The largest absolute Gasteiger partial charge is 0.467 e. The Hall–Kier alpha value is -2.67. The first-order chi connectivity index (χ1) is 13.2. The third-order valence-corrected chi connectivity index (χ3v) is 5.54. The van der Waals surface area contributed by atoms with Crippen LogP contribution >= 0.6 is 11.3 Å². The van der Waals surface area contributed by atoms with Crippen LogP contribution in [-0.2, 0) is 6.54 Å². The fraction of sp³-hybridized carbons (Fsp3) is 0.300. The molecule has 2 aromatic carbocycles. The SMILES string of the molecule is O=C(NCc1ccccc1)N1CCC(Oc2nc3c(F)cccc3s2)CC1. The van der Waals surface area contributed by atoms with E-state index in [0.29, 0.717) is 30.3 Å². The van der Waals surface area contributed by atoms with Crippen molar-refractivity contribution in [3.05, 3.63) is 59.9 Å². The minimum absolute atomic E-state index is 0.00760. The summed E-state index contributed by atoms with van der Waals surface area (Å²) in [5.41, 5.74) is 1.43. The highest BCUT2D eigenvalue weighted by atomic mass is 32.1. The molecular weight excluding hydrogens is 365 g/mol. The van der Waals surface area contributed by atoms with Crippen molar-refractivity contribution in [1.82, 2.24) is 15.2 Å². The number of nitrogens with zero attached hydrogens (tertiary/aromatic N) is 2. The van der Waals surface area contributed by atoms with E-state index in [2.05, 4.69) is 10.3 Å². The van der Waals surface area contributed by atoms with Gasteiger partial charge in [-0.1, -0.05) is 47.7 Å². The summed E-state index contributed by atoms with van der Waals surface area (Å²) >= 11 is 1.35. The van der Waals surface area contributed by atoms with Crippen LogP contribution in [0, 0.1) is 5.82 Å². The van der Waals surface area contributed by atoms with Crippen molar-refractivity contribution in [2.45, 2.75) is 25.5 Å². The molecule has 0 unspecified atom stereocenters. The molecule has 0 atom stereocenters. The second kappa shape index (κ2) is 7.92. The summed E-state index contributed by atoms with van der Waals surface area (Å²) in [5.74, 6) is -0.330. The van der Waals surface area contributed by atoms with Gasteiger partial charge in [-0.25, -0.2) is 9.18 Å². The number of likely N-dealkylation sites (tertiary alicyclic amines) is 1. The summed E-state index contributed by atoms with van der Waals surface area (Å²) in [7, 11) is 0. The third kappa shape index (κ3) is 4.19. The lowest BCUT2D eigenvalue weighted by molar-refractivity contribution is 0.111. The molecule has 1 fully saturated rings. The van der Waals surface area contributed by atoms with Gasteiger partial charge in [0.25, 0.3) is 5.19 Å². The standard InChI is InChI=1S/C20H20FN3O2S/c21-16-7-4-8-17-18(16)23-20(27-17)26-15-9-11-24(12-10-15)19(25)22-13-14-5-2-1-3-6-14/h1-8,15H,9-13H2,(H,22,25). The molecule has 0 saturated carbocycles. The molecule has 27 heavy (non-hydrogen) atoms. The fourth-order valence-corrected chi connectivity index (χ4v) is 4.05. The van der Waals surface area contributed by atoms with Crippen molar-refractivity contribution in [3.8, 4) is 5.19 Å². The first-order valence-electron chi connectivity index (χ1n) is 8.97. The first kappa shape index (κ1) is 17.7. The van der Waals surface area contributed by atoms with Gasteiger partial charge in [0.2, 0.25) is 0 Å². The maximum Gasteiger partial charge on any atom is 0.317 e. The zero-order valence-corrected chi connectivity index (χ0v) is 15.5. The molecule has 140 valence electrons. The van der Waals surface area contributed by atoms with Gasteiger partial charge in [0.1, 0.15) is 17.4 Å². The van der Waals surface area contributed by atoms with Crippen LogP contribution in [0.2, 0.25) is 0 Å². The quantitative estimate of drug-likeness (QED) is 0.733.